The smallest absolute Gasteiger partial charge is 0.337 e. The Hall–Kier alpha value is -4.69. The lowest BCUT2D eigenvalue weighted by atomic mass is 9.99. The van der Waals surface area contributed by atoms with Crippen molar-refractivity contribution in [2.45, 2.75) is 0 Å². The number of likely N-dealkylation sites (N-methyl/N-ethyl adjacent to an activating group) is 2. The van der Waals surface area contributed by atoms with Crippen LogP contribution in [0.4, 0.5) is 11.4 Å². The van der Waals surface area contributed by atoms with E-state index in [0.717, 1.165) is 37.4 Å². The summed E-state index contributed by atoms with van der Waals surface area (Å²) in [7, 11) is 5.21. The van der Waals surface area contributed by atoms with E-state index in [-0.39, 0.29) is 11.8 Å². The predicted molar refractivity (Wildman–Crippen MR) is 161 cm³/mol. The summed E-state index contributed by atoms with van der Waals surface area (Å²) in [4.78, 5) is 39.0. The Bertz CT molecular complexity index is 1620. The second kappa shape index (κ2) is 12.2. The molecule has 210 valence electrons. The van der Waals surface area contributed by atoms with E-state index in [1.165, 1.54) is 7.11 Å². The molecule has 2 aromatic carbocycles. The lowest BCUT2D eigenvalue weighted by molar-refractivity contribution is -0.119. The number of aromatic amines is 1. The van der Waals surface area contributed by atoms with E-state index in [1.54, 1.807) is 42.3 Å². The number of esters is 1. The SMILES string of the molecule is COC(=O)c1ccc2c(C(=Nc3ccc(N(C)C(=O)CN4CCN(C)CC4)cc3)C3=CC=CC=C=C3)c(O)[nH]c2c1. The number of benzene rings is 2. The Morgan fingerprint density at radius 1 is 1.10 bits per heavy atom. The molecule has 0 bridgehead atoms. The van der Waals surface area contributed by atoms with E-state index >= 15 is 0 Å². The molecule has 0 radical (unpaired) electrons. The van der Waals surface area contributed by atoms with Crippen LogP contribution in [0.2, 0.25) is 0 Å². The van der Waals surface area contributed by atoms with Crippen LogP contribution >= 0.6 is 0 Å². The van der Waals surface area contributed by atoms with Crippen LogP contribution in [0.15, 0.2) is 89.1 Å². The minimum atomic E-state index is -0.465. The number of methoxy groups -OCH3 is 1. The summed E-state index contributed by atoms with van der Waals surface area (Å²) in [6.07, 6.45) is 9.24. The molecule has 0 spiro atoms. The minimum Gasteiger partial charge on any atom is -0.494 e. The van der Waals surface area contributed by atoms with Gasteiger partial charge in [0.05, 0.1) is 36.2 Å². The number of aromatic hydroxyl groups is 1. The molecule has 0 saturated carbocycles. The highest BCUT2D eigenvalue weighted by Gasteiger charge is 2.22. The van der Waals surface area contributed by atoms with Gasteiger partial charge >= 0.3 is 5.97 Å². The molecule has 9 nitrogen and oxygen atoms in total. The third-order valence-electron chi connectivity index (χ3n) is 7.34. The van der Waals surface area contributed by atoms with E-state index in [2.05, 4.69) is 27.6 Å². The van der Waals surface area contributed by atoms with Gasteiger partial charge < -0.3 is 24.6 Å². The monoisotopic (exact) mass is 551 g/mol. The number of aromatic nitrogens is 1. The van der Waals surface area contributed by atoms with Gasteiger partial charge in [0.1, 0.15) is 0 Å². The number of H-pyrrole nitrogens is 1. The molecule has 1 fully saturated rings. The highest BCUT2D eigenvalue weighted by molar-refractivity contribution is 6.23. The van der Waals surface area contributed by atoms with Crippen LogP contribution in [-0.2, 0) is 9.53 Å². The quantitative estimate of drug-likeness (QED) is 0.259. The standard InChI is InChI=1S/C32H33N5O4/c1-35-16-18-37(19-17-35)21-28(38)36(2)25-13-11-24(12-14-25)33-30(22-8-6-4-5-7-9-22)29-26-15-10-23(32(40)41-3)20-27(26)34-31(29)39/h4-6,8-15,20,34,39H,16-19,21H2,1-3H3. The largest absolute Gasteiger partial charge is 0.494 e. The maximum atomic E-state index is 13.0. The molecule has 3 aromatic rings. The van der Waals surface area contributed by atoms with Crippen LogP contribution < -0.4 is 4.90 Å². The zero-order valence-electron chi connectivity index (χ0n) is 23.4. The van der Waals surface area contributed by atoms with Crippen molar-refractivity contribution < 1.29 is 19.4 Å². The zero-order chi connectivity index (χ0) is 28.9. The molecule has 0 atom stereocenters. The van der Waals surface area contributed by atoms with E-state index in [9.17, 15) is 14.7 Å². The van der Waals surface area contributed by atoms with E-state index in [0.29, 0.717) is 40.0 Å². The maximum Gasteiger partial charge on any atom is 0.337 e. The molecule has 1 amide bonds. The van der Waals surface area contributed by atoms with Gasteiger partial charge in [0.2, 0.25) is 5.91 Å². The van der Waals surface area contributed by atoms with Gasteiger partial charge in [-0.3, -0.25) is 9.69 Å². The lowest BCUT2D eigenvalue weighted by Crippen LogP contribution is -2.48. The topological polar surface area (TPSA) is 101 Å². The molecule has 5 rings (SSSR count). The first-order chi connectivity index (χ1) is 19.8. The number of amides is 1. The van der Waals surface area contributed by atoms with Crippen molar-refractivity contribution in [2.24, 2.45) is 4.99 Å². The van der Waals surface area contributed by atoms with Gasteiger partial charge in [0, 0.05) is 55.4 Å². The first-order valence-electron chi connectivity index (χ1n) is 13.4. The first kappa shape index (κ1) is 27.9. The van der Waals surface area contributed by atoms with E-state index in [4.69, 9.17) is 9.73 Å². The summed E-state index contributed by atoms with van der Waals surface area (Å²) >= 11 is 0. The summed E-state index contributed by atoms with van der Waals surface area (Å²) in [6.45, 7) is 4.06. The van der Waals surface area contributed by atoms with Crippen LogP contribution in [-0.4, -0.2) is 91.4 Å². The van der Waals surface area contributed by atoms with Crippen molar-refractivity contribution in [3.05, 3.63) is 95.3 Å². The fourth-order valence-corrected chi connectivity index (χ4v) is 4.86. The number of nitrogens with zero attached hydrogens (tertiary/aromatic N) is 4. The third kappa shape index (κ3) is 6.23. The molecule has 1 aliphatic heterocycles. The van der Waals surface area contributed by atoms with Gasteiger partial charge in [-0.2, -0.15) is 0 Å². The number of nitrogens with one attached hydrogen (secondary N) is 1. The molecular weight excluding hydrogens is 518 g/mol. The van der Waals surface area contributed by atoms with Crippen molar-refractivity contribution in [3.63, 3.8) is 0 Å². The van der Waals surface area contributed by atoms with Crippen LogP contribution in [0.25, 0.3) is 10.9 Å². The minimum absolute atomic E-state index is 0.0360. The number of carbonyl (C=O) groups excluding carboxylic acids is 2. The molecule has 9 heteroatoms. The number of allylic oxidation sites excluding steroid dienone is 5. The van der Waals surface area contributed by atoms with Gasteiger partial charge in [-0.25, -0.2) is 9.79 Å². The summed E-state index contributed by atoms with van der Waals surface area (Å²) in [5.74, 6) is -0.500. The number of fused-ring (bicyclic) bond motifs is 1. The van der Waals surface area contributed by atoms with Gasteiger partial charge in [-0.1, -0.05) is 24.3 Å². The van der Waals surface area contributed by atoms with Crippen molar-refractivity contribution in [1.82, 2.24) is 14.8 Å². The van der Waals surface area contributed by atoms with Crippen LogP contribution in [0.3, 0.4) is 0 Å². The second-order valence-electron chi connectivity index (χ2n) is 10.1. The third-order valence-corrected chi connectivity index (χ3v) is 7.34. The van der Waals surface area contributed by atoms with Gasteiger partial charge in [-0.15, -0.1) is 5.73 Å². The molecule has 1 aromatic heterocycles. The summed E-state index contributed by atoms with van der Waals surface area (Å²) in [5, 5.41) is 11.7. The lowest BCUT2D eigenvalue weighted by Gasteiger charge is -2.32. The van der Waals surface area contributed by atoms with Crippen molar-refractivity contribution in [1.29, 1.82) is 0 Å². The molecule has 2 N–H and O–H groups in total. The summed E-state index contributed by atoms with van der Waals surface area (Å²) in [6, 6.07) is 12.5. The fourth-order valence-electron chi connectivity index (χ4n) is 4.86. The van der Waals surface area contributed by atoms with Crippen LogP contribution in [0.1, 0.15) is 15.9 Å². The predicted octanol–water partition coefficient (Wildman–Crippen LogP) is 4.20. The Labute approximate surface area is 239 Å². The van der Waals surface area contributed by atoms with E-state index in [1.807, 2.05) is 42.5 Å². The highest BCUT2D eigenvalue weighted by atomic mass is 16.5. The zero-order valence-corrected chi connectivity index (χ0v) is 23.4. The fraction of sp³-hybridized carbons (Fsp3) is 0.250. The summed E-state index contributed by atoms with van der Waals surface area (Å²) in [5.41, 5.74) is 7.24. The molecule has 2 heterocycles. The van der Waals surface area contributed by atoms with Crippen molar-refractivity contribution in [2.75, 3.05) is 58.8 Å². The van der Waals surface area contributed by atoms with E-state index < -0.39 is 5.97 Å². The molecule has 0 unspecified atom stereocenters. The number of rotatable bonds is 7. The average molecular weight is 552 g/mol. The number of hydrogen-bond donors (Lipinski definition) is 2. The number of carbonyl (C=O) groups is 2. The Kier molecular flexibility index (Phi) is 8.31. The molecular formula is C32H33N5O4. The second-order valence-corrected chi connectivity index (χ2v) is 10.1. The molecule has 41 heavy (non-hydrogen) atoms. The van der Waals surface area contributed by atoms with Gasteiger partial charge in [0.15, 0.2) is 5.88 Å². The maximum absolute atomic E-state index is 13.0. The number of ether oxygens (including phenoxy) is 1. The van der Waals surface area contributed by atoms with Gasteiger partial charge in [0.25, 0.3) is 0 Å². The van der Waals surface area contributed by atoms with Crippen LogP contribution in [0, 0.1) is 0 Å². The molecule has 1 aliphatic carbocycles. The number of piperazine rings is 1. The normalized spacial score (nSPS) is 16.1. The van der Waals surface area contributed by atoms with Crippen molar-refractivity contribution >= 4 is 39.9 Å². The Morgan fingerprint density at radius 3 is 2.59 bits per heavy atom. The van der Waals surface area contributed by atoms with Crippen molar-refractivity contribution in [3.8, 4) is 5.88 Å². The Balaban J connectivity index is 1.46. The molecule has 2 aliphatic rings. The average Bonchev–Trinajstić information content (AvgIpc) is 3.13. The first-order valence-corrected chi connectivity index (χ1v) is 13.4. The summed E-state index contributed by atoms with van der Waals surface area (Å²) < 4.78 is 4.84. The highest BCUT2D eigenvalue weighted by Crippen LogP contribution is 2.33. The number of anilines is 1. The van der Waals surface area contributed by atoms with Crippen LogP contribution in [0.5, 0.6) is 5.88 Å². The number of hydrogen-bond acceptors (Lipinski definition) is 7. The van der Waals surface area contributed by atoms with Gasteiger partial charge in [-0.05, 0) is 55.6 Å². The molecule has 1 saturated heterocycles. The Morgan fingerprint density at radius 2 is 1.85 bits per heavy atom. The number of aliphatic imine (C=N–C) groups is 1.